The molecule has 0 saturated carbocycles. The molecule has 17 heavy (non-hydrogen) atoms. The lowest BCUT2D eigenvalue weighted by atomic mass is 10.2. The van der Waals surface area contributed by atoms with Crippen molar-refractivity contribution in [1.29, 1.82) is 0 Å². The van der Waals surface area contributed by atoms with Gasteiger partial charge in [0.25, 0.3) is 5.91 Å². The third-order valence-electron chi connectivity index (χ3n) is 2.17. The fourth-order valence-corrected chi connectivity index (χ4v) is 1.48. The highest BCUT2D eigenvalue weighted by Gasteiger charge is 2.15. The summed E-state index contributed by atoms with van der Waals surface area (Å²) in [5.74, 6) is -1.01. The molecule has 0 heterocycles. The maximum absolute atomic E-state index is 13.2. The zero-order chi connectivity index (χ0) is 12.8. The second-order valence-corrected chi connectivity index (χ2v) is 3.80. The van der Waals surface area contributed by atoms with Gasteiger partial charge in [-0.3, -0.25) is 4.79 Å². The van der Waals surface area contributed by atoms with Crippen LogP contribution in [0.2, 0.25) is 5.02 Å². The Balaban J connectivity index is 2.92. The molecule has 0 bridgehead atoms. The van der Waals surface area contributed by atoms with E-state index in [1.807, 2.05) is 0 Å². The van der Waals surface area contributed by atoms with Crippen molar-refractivity contribution in [3.63, 3.8) is 0 Å². The number of benzene rings is 1. The van der Waals surface area contributed by atoms with Crippen LogP contribution in [0.5, 0.6) is 0 Å². The summed E-state index contributed by atoms with van der Waals surface area (Å²) in [7, 11) is 0. The Morgan fingerprint density at radius 3 is 2.82 bits per heavy atom. The minimum Gasteiger partial charge on any atom is -0.395 e. The van der Waals surface area contributed by atoms with E-state index in [1.54, 1.807) is 6.08 Å². The molecular weight excluding hydrogens is 245 g/mol. The third-order valence-corrected chi connectivity index (χ3v) is 2.48. The first kappa shape index (κ1) is 13.7. The second-order valence-electron chi connectivity index (χ2n) is 3.39. The molecule has 0 aliphatic carbocycles. The number of amides is 1. The maximum atomic E-state index is 13.2. The van der Waals surface area contributed by atoms with Crippen LogP contribution in [-0.2, 0) is 0 Å². The lowest BCUT2D eigenvalue weighted by Gasteiger charge is -2.20. The molecule has 1 N–H and O–H groups in total. The number of aliphatic hydroxyl groups is 1. The number of rotatable bonds is 5. The van der Waals surface area contributed by atoms with Crippen LogP contribution in [-0.4, -0.2) is 35.6 Å². The van der Waals surface area contributed by atoms with E-state index < -0.39 is 5.82 Å². The normalized spacial score (nSPS) is 10.1. The summed E-state index contributed by atoms with van der Waals surface area (Å²) < 4.78 is 13.2. The summed E-state index contributed by atoms with van der Waals surface area (Å²) in [5.41, 5.74) is 0.196. The number of halogens is 2. The van der Waals surface area contributed by atoms with Crippen LogP contribution >= 0.6 is 11.6 Å². The van der Waals surface area contributed by atoms with Crippen molar-refractivity contribution >= 4 is 17.5 Å². The number of hydrogen-bond donors (Lipinski definition) is 1. The molecule has 0 aliphatic rings. The first-order chi connectivity index (χ1) is 8.10. The molecule has 5 heteroatoms. The van der Waals surface area contributed by atoms with Gasteiger partial charge in [0.15, 0.2) is 0 Å². The van der Waals surface area contributed by atoms with Crippen molar-refractivity contribution in [2.45, 2.75) is 0 Å². The van der Waals surface area contributed by atoms with Crippen LogP contribution in [0.3, 0.4) is 0 Å². The number of carbonyl (C=O) groups excluding carboxylic acids is 1. The minimum atomic E-state index is -0.639. The Morgan fingerprint density at radius 2 is 2.29 bits per heavy atom. The summed E-state index contributed by atoms with van der Waals surface area (Å²) >= 11 is 5.53. The molecule has 0 saturated heterocycles. The summed E-state index contributed by atoms with van der Waals surface area (Å²) in [6.07, 6.45) is 1.54. The highest BCUT2D eigenvalue weighted by atomic mass is 35.5. The van der Waals surface area contributed by atoms with Crippen LogP contribution in [0.1, 0.15) is 10.4 Å². The predicted molar refractivity (Wildman–Crippen MR) is 64.6 cm³/mol. The molecule has 0 unspecified atom stereocenters. The van der Waals surface area contributed by atoms with E-state index in [2.05, 4.69) is 6.58 Å². The Hall–Kier alpha value is -1.39. The quantitative estimate of drug-likeness (QED) is 0.821. The largest absolute Gasteiger partial charge is 0.395 e. The van der Waals surface area contributed by atoms with Crippen molar-refractivity contribution in [1.82, 2.24) is 4.90 Å². The zero-order valence-corrected chi connectivity index (χ0v) is 9.95. The van der Waals surface area contributed by atoms with E-state index in [-0.39, 0.29) is 29.6 Å². The molecule has 1 amide bonds. The van der Waals surface area contributed by atoms with E-state index in [1.165, 1.54) is 17.0 Å². The van der Waals surface area contributed by atoms with Crippen molar-refractivity contribution in [3.05, 3.63) is 47.3 Å². The maximum Gasteiger partial charge on any atom is 0.254 e. The molecule has 1 aromatic carbocycles. The average Bonchev–Trinajstić information content (AvgIpc) is 2.31. The topological polar surface area (TPSA) is 40.5 Å². The van der Waals surface area contributed by atoms with Crippen LogP contribution in [0.15, 0.2) is 30.9 Å². The Labute approximate surface area is 104 Å². The molecule has 0 spiro atoms. The van der Waals surface area contributed by atoms with Crippen molar-refractivity contribution in [2.24, 2.45) is 0 Å². The van der Waals surface area contributed by atoms with Crippen molar-refractivity contribution < 1.29 is 14.3 Å². The molecule has 0 atom stereocenters. The molecule has 0 fully saturated rings. The van der Waals surface area contributed by atoms with Crippen LogP contribution in [0, 0.1) is 5.82 Å². The predicted octanol–water partition coefficient (Wildman–Crippen LogP) is 2.10. The molecule has 0 aliphatic heterocycles. The lowest BCUT2D eigenvalue weighted by Crippen LogP contribution is -2.33. The monoisotopic (exact) mass is 257 g/mol. The van der Waals surface area contributed by atoms with Gasteiger partial charge in [0, 0.05) is 18.7 Å². The van der Waals surface area contributed by atoms with Gasteiger partial charge in [0.05, 0.1) is 11.6 Å². The van der Waals surface area contributed by atoms with Gasteiger partial charge >= 0.3 is 0 Å². The van der Waals surface area contributed by atoms with Gasteiger partial charge in [-0.05, 0) is 18.2 Å². The highest BCUT2D eigenvalue weighted by molar-refractivity contribution is 6.30. The minimum absolute atomic E-state index is 0.0287. The first-order valence-electron chi connectivity index (χ1n) is 5.06. The number of aliphatic hydroxyl groups excluding tert-OH is 1. The van der Waals surface area contributed by atoms with E-state index in [4.69, 9.17) is 16.7 Å². The molecular formula is C12H13ClFNO2. The lowest BCUT2D eigenvalue weighted by molar-refractivity contribution is 0.0742. The highest BCUT2D eigenvalue weighted by Crippen LogP contribution is 2.16. The third kappa shape index (κ3) is 3.54. The SMILES string of the molecule is C=CCN(CCO)C(=O)c1ccc(Cl)c(F)c1. The van der Waals surface area contributed by atoms with Gasteiger partial charge in [-0.1, -0.05) is 17.7 Å². The van der Waals surface area contributed by atoms with E-state index in [0.717, 1.165) is 6.07 Å². The number of carbonyl (C=O) groups is 1. The first-order valence-corrected chi connectivity index (χ1v) is 5.44. The number of hydrogen-bond acceptors (Lipinski definition) is 2. The van der Waals surface area contributed by atoms with Crippen LogP contribution in [0.4, 0.5) is 4.39 Å². The molecule has 1 aromatic rings. The Bertz CT molecular complexity index is 423. The van der Waals surface area contributed by atoms with Gasteiger partial charge < -0.3 is 10.0 Å². The van der Waals surface area contributed by atoms with E-state index in [9.17, 15) is 9.18 Å². The average molecular weight is 258 g/mol. The molecule has 0 aromatic heterocycles. The standard InChI is InChI=1S/C12H13ClFNO2/c1-2-5-15(6-7-16)12(17)9-3-4-10(13)11(14)8-9/h2-4,8,16H,1,5-7H2. The van der Waals surface area contributed by atoms with Crippen LogP contribution < -0.4 is 0 Å². The summed E-state index contributed by atoms with van der Waals surface area (Å²) in [4.78, 5) is 13.3. The van der Waals surface area contributed by atoms with Gasteiger partial charge in [0.1, 0.15) is 5.82 Å². The molecule has 92 valence electrons. The van der Waals surface area contributed by atoms with Gasteiger partial charge in [-0.25, -0.2) is 4.39 Å². The van der Waals surface area contributed by atoms with Crippen molar-refractivity contribution in [2.75, 3.05) is 19.7 Å². The van der Waals surface area contributed by atoms with Gasteiger partial charge in [-0.15, -0.1) is 6.58 Å². The Morgan fingerprint density at radius 1 is 1.59 bits per heavy atom. The summed E-state index contributed by atoms with van der Waals surface area (Å²) in [5, 5.41) is 8.81. The fraction of sp³-hybridized carbons (Fsp3) is 0.250. The van der Waals surface area contributed by atoms with Gasteiger partial charge in [-0.2, -0.15) is 0 Å². The zero-order valence-electron chi connectivity index (χ0n) is 9.20. The van der Waals surface area contributed by atoms with Crippen molar-refractivity contribution in [3.8, 4) is 0 Å². The second kappa shape index (κ2) is 6.37. The Kier molecular flexibility index (Phi) is 5.12. The van der Waals surface area contributed by atoms with Crippen LogP contribution in [0.25, 0.3) is 0 Å². The number of nitrogens with zero attached hydrogens (tertiary/aromatic N) is 1. The molecule has 1 rings (SSSR count). The molecule has 0 radical (unpaired) electrons. The van der Waals surface area contributed by atoms with E-state index in [0.29, 0.717) is 6.54 Å². The molecule has 3 nitrogen and oxygen atoms in total. The smallest absolute Gasteiger partial charge is 0.254 e. The van der Waals surface area contributed by atoms with Gasteiger partial charge in [0.2, 0.25) is 0 Å². The fourth-order valence-electron chi connectivity index (χ4n) is 1.36. The summed E-state index contributed by atoms with van der Waals surface area (Å²) in [6.45, 7) is 3.83. The summed E-state index contributed by atoms with van der Waals surface area (Å²) in [6, 6.07) is 3.86. The van der Waals surface area contributed by atoms with E-state index >= 15 is 0 Å².